The van der Waals surface area contributed by atoms with Crippen LogP contribution in [0, 0.1) is 13.8 Å². The maximum absolute atomic E-state index is 5.85. The van der Waals surface area contributed by atoms with Gasteiger partial charge in [0, 0.05) is 5.69 Å². The Morgan fingerprint density at radius 3 is 2.84 bits per heavy atom. The highest BCUT2D eigenvalue weighted by Crippen LogP contribution is 2.19. The van der Waals surface area contributed by atoms with Crippen LogP contribution >= 0.6 is 11.6 Å². The molecule has 0 aliphatic heterocycles. The van der Waals surface area contributed by atoms with E-state index in [1.807, 2.05) is 13.8 Å². The minimum absolute atomic E-state index is 0.161. The Kier molecular flexibility index (Phi) is 2.83. The van der Waals surface area contributed by atoms with E-state index in [9.17, 15) is 0 Å². The van der Waals surface area contributed by atoms with Crippen molar-refractivity contribution < 1.29 is 0 Å². The molecule has 3 heterocycles. The number of H-pyrrole nitrogens is 2. The number of rotatable bonds is 3. The van der Waals surface area contributed by atoms with E-state index in [0.717, 1.165) is 22.7 Å². The summed E-state index contributed by atoms with van der Waals surface area (Å²) in [5.41, 5.74) is 3.31. The Morgan fingerprint density at radius 2 is 2.11 bits per heavy atom. The highest BCUT2D eigenvalue weighted by Gasteiger charge is 2.09. The highest BCUT2D eigenvalue weighted by atomic mass is 35.5. The lowest BCUT2D eigenvalue weighted by atomic mass is 10.4. The molecule has 0 radical (unpaired) electrons. The quantitative estimate of drug-likeness (QED) is 0.636. The Labute approximate surface area is 113 Å². The first-order chi connectivity index (χ1) is 9.13. The second kappa shape index (κ2) is 4.51. The predicted molar refractivity (Wildman–Crippen MR) is 72.1 cm³/mol. The predicted octanol–water partition coefficient (Wildman–Crippen LogP) is 1.96. The summed E-state index contributed by atoms with van der Waals surface area (Å²) >= 11 is 5.85. The molecule has 3 N–H and O–H groups in total. The molecule has 0 unspecified atom stereocenters. The zero-order valence-corrected chi connectivity index (χ0v) is 11.2. The summed E-state index contributed by atoms with van der Waals surface area (Å²) in [5, 5.41) is 3.33. The lowest BCUT2D eigenvalue weighted by Crippen LogP contribution is -2.04. The fourth-order valence-electron chi connectivity index (χ4n) is 1.81. The lowest BCUT2D eigenvalue weighted by molar-refractivity contribution is 0.976. The van der Waals surface area contributed by atoms with E-state index in [1.54, 1.807) is 6.33 Å². The molecule has 19 heavy (non-hydrogen) atoms. The van der Waals surface area contributed by atoms with Gasteiger partial charge in [-0.3, -0.25) is 0 Å². The van der Waals surface area contributed by atoms with Crippen molar-refractivity contribution >= 4 is 28.6 Å². The van der Waals surface area contributed by atoms with Gasteiger partial charge in [-0.25, -0.2) is 9.97 Å². The van der Waals surface area contributed by atoms with Crippen molar-refractivity contribution in [3.05, 3.63) is 28.8 Å². The third-order valence-electron chi connectivity index (χ3n) is 2.86. The molecule has 0 amide bonds. The highest BCUT2D eigenvalue weighted by molar-refractivity contribution is 6.28. The van der Waals surface area contributed by atoms with Crippen LogP contribution < -0.4 is 5.32 Å². The van der Waals surface area contributed by atoms with Crippen molar-refractivity contribution in [3.63, 3.8) is 0 Å². The van der Waals surface area contributed by atoms with Crippen LogP contribution in [-0.4, -0.2) is 29.9 Å². The largest absolute Gasteiger partial charge is 0.361 e. The summed E-state index contributed by atoms with van der Waals surface area (Å²) in [7, 11) is 0. The van der Waals surface area contributed by atoms with E-state index in [0.29, 0.717) is 18.0 Å². The number of fused-ring (bicyclic) bond motifs is 1. The molecule has 0 saturated heterocycles. The van der Waals surface area contributed by atoms with Gasteiger partial charge in [0.1, 0.15) is 11.3 Å². The third-order valence-corrected chi connectivity index (χ3v) is 3.03. The summed E-state index contributed by atoms with van der Waals surface area (Å²) in [5.74, 6) is 1.46. The van der Waals surface area contributed by atoms with Gasteiger partial charge < -0.3 is 15.3 Å². The number of aromatic nitrogens is 6. The minimum atomic E-state index is 0.161. The second-order valence-corrected chi connectivity index (χ2v) is 4.53. The van der Waals surface area contributed by atoms with E-state index in [4.69, 9.17) is 11.6 Å². The number of aromatic amines is 2. The topological polar surface area (TPSA) is 95.2 Å². The molecule has 3 rings (SSSR count). The maximum atomic E-state index is 5.85. The van der Waals surface area contributed by atoms with Crippen molar-refractivity contribution in [2.45, 2.75) is 20.4 Å². The first-order valence-electron chi connectivity index (χ1n) is 5.76. The van der Waals surface area contributed by atoms with Gasteiger partial charge in [0.2, 0.25) is 5.28 Å². The zero-order chi connectivity index (χ0) is 13.4. The van der Waals surface area contributed by atoms with Gasteiger partial charge in [0.15, 0.2) is 11.5 Å². The zero-order valence-electron chi connectivity index (χ0n) is 10.5. The first kappa shape index (κ1) is 11.9. The molecule has 0 fully saturated rings. The summed E-state index contributed by atoms with van der Waals surface area (Å²) in [6, 6.07) is 0. The summed E-state index contributed by atoms with van der Waals surface area (Å²) in [4.78, 5) is 22.8. The molecule has 3 aromatic rings. The van der Waals surface area contributed by atoms with E-state index >= 15 is 0 Å². The molecule has 0 atom stereocenters. The normalized spacial score (nSPS) is 11.1. The molecule has 3 aromatic heterocycles. The number of hydrogen-bond donors (Lipinski definition) is 3. The van der Waals surface area contributed by atoms with Crippen molar-refractivity contribution in [3.8, 4) is 0 Å². The molecular formula is C11H12ClN7. The van der Waals surface area contributed by atoms with Crippen LogP contribution in [0.15, 0.2) is 6.33 Å². The monoisotopic (exact) mass is 277 g/mol. The van der Waals surface area contributed by atoms with Gasteiger partial charge in [0.25, 0.3) is 0 Å². The number of imidazole rings is 2. The van der Waals surface area contributed by atoms with Crippen LogP contribution in [0.1, 0.15) is 17.2 Å². The Hall–Kier alpha value is -2.15. The number of aryl methyl sites for hydroxylation is 2. The summed E-state index contributed by atoms with van der Waals surface area (Å²) in [6.07, 6.45) is 1.56. The average molecular weight is 278 g/mol. The Bertz CT molecular complexity index is 710. The van der Waals surface area contributed by atoms with Gasteiger partial charge in [-0.2, -0.15) is 9.97 Å². The number of hydrogen-bond acceptors (Lipinski definition) is 5. The smallest absolute Gasteiger partial charge is 0.226 e. The minimum Gasteiger partial charge on any atom is -0.361 e. The van der Waals surface area contributed by atoms with Crippen LogP contribution in [0.25, 0.3) is 11.2 Å². The number of nitrogens with zero attached hydrogens (tertiary/aromatic N) is 4. The molecule has 0 aliphatic carbocycles. The Balaban J connectivity index is 1.87. The van der Waals surface area contributed by atoms with E-state index < -0.39 is 0 Å². The van der Waals surface area contributed by atoms with E-state index in [1.165, 1.54) is 0 Å². The fraction of sp³-hybridized carbons (Fsp3) is 0.273. The first-order valence-corrected chi connectivity index (χ1v) is 6.14. The van der Waals surface area contributed by atoms with Crippen LogP contribution in [0.2, 0.25) is 5.28 Å². The number of anilines is 1. The van der Waals surface area contributed by atoms with Crippen molar-refractivity contribution in [1.29, 1.82) is 0 Å². The van der Waals surface area contributed by atoms with Crippen molar-refractivity contribution in [2.24, 2.45) is 0 Å². The lowest BCUT2D eigenvalue weighted by Gasteiger charge is -2.04. The molecule has 0 spiro atoms. The molecule has 98 valence electrons. The van der Waals surface area contributed by atoms with Crippen molar-refractivity contribution in [2.75, 3.05) is 5.32 Å². The van der Waals surface area contributed by atoms with Crippen LogP contribution in [0.4, 0.5) is 5.82 Å². The van der Waals surface area contributed by atoms with E-state index in [2.05, 4.69) is 35.2 Å². The molecule has 0 bridgehead atoms. The number of nitrogens with one attached hydrogen (secondary N) is 3. The van der Waals surface area contributed by atoms with Crippen LogP contribution in [0.3, 0.4) is 0 Å². The molecule has 7 nitrogen and oxygen atoms in total. The van der Waals surface area contributed by atoms with Gasteiger partial charge in [-0.1, -0.05) is 0 Å². The summed E-state index contributed by atoms with van der Waals surface area (Å²) in [6.45, 7) is 4.47. The SMILES string of the molecule is Cc1nc(CNc2nc(Cl)nc3nc[nH]c23)[nH]c1C. The fourth-order valence-corrected chi connectivity index (χ4v) is 1.97. The maximum Gasteiger partial charge on any atom is 0.226 e. The van der Waals surface area contributed by atoms with Crippen LogP contribution in [0.5, 0.6) is 0 Å². The molecule has 0 aliphatic rings. The summed E-state index contributed by atoms with van der Waals surface area (Å²) < 4.78 is 0. The van der Waals surface area contributed by atoms with Gasteiger partial charge in [-0.05, 0) is 25.4 Å². The third kappa shape index (κ3) is 2.24. The van der Waals surface area contributed by atoms with Gasteiger partial charge in [0.05, 0.1) is 18.6 Å². The van der Waals surface area contributed by atoms with E-state index in [-0.39, 0.29) is 5.28 Å². The van der Waals surface area contributed by atoms with Crippen molar-refractivity contribution in [1.82, 2.24) is 29.9 Å². The second-order valence-electron chi connectivity index (χ2n) is 4.19. The molecular weight excluding hydrogens is 266 g/mol. The number of halogens is 1. The van der Waals surface area contributed by atoms with Crippen LogP contribution in [-0.2, 0) is 6.54 Å². The van der Waals surface area contributed by atoms with Gasteiger partial charge in [-0.15, -0.1) is 0 Å². The Morgan fingerprint density at radius 1 is 1.26 bits per heavy atom. The molecule has 0 aromatic carbocycles. The average Bonchev–Trinajstić information content (AvgIpc) is 2.94. The molecule has 8 heteroatoms. The van der Waals surface area contributed by atoms with Gasteiger partial charge >= 0.3 is 0 Å². The molecule has 0 saturated carbocycles. The standard InChI is InChI=1S/C11H12ClN7/c1-5-6(2)17-7(16-5)3-13-9-8-10(15-4-14-8)19-11(12)18-9/h4H,3H2,1-2H3,(H,16,17)(H2,13,14,15,18,19).